The molecule has 0 spiro atoms. The molecule has 0 bridgehead atoms. The van der Waals surface area contributed by atoms with Crippen LogP contribution in [0.4, 0.5) is 0 Å². The molecule has 256 valence electrons. The zero-order valence-electron chi connectivity index (χ0n) is 30.4. The van der Waals surface area contributed by atoms with Crippen molar-refractivity contribution in [2.24, 2.45) is 5.92 Å². The van der Waals surface area contributed by atoms with Crippen molar-refractivity contribution in [2.75, 3.05) is 0 Å². The van der Waals surface area contributed by atoms with E-state index < -0.39 is 0 Å². The Morgan fingerprint density at radius 3 is 2.20 bits per heavy atom. The topological polar surface area (TPSA) is 44.9 Å². The smallest absolute Gasteiger partial charge is 0.509 e. The maximum absolute atomic E-state index is 6.59. The summed E-state index contributed by atoms with van der Waals surface area (Å²) in [5, 5.41) is 7.09. The van der Waals surface area contributed by atoms with Crippen molar-refractivity contribution in [3.05, 3.63) is 130 Å². The predicted octanol–water partition coefficient (Wildman–Crippen LogP) is 11.3. The van der Waals surface area contributed by atoms with Crippen LogP contribution in [0.25, 0.3) is 44.4 Å². The van der Waals surface area contributed by atoms with E-state index in [1.165, 1.54) is 38.9 Å². The molecule has 0 aliphatic heterocycles. The Labute approximate surface area is 310 Å². The van der Waals surface area contributed by atoms with E-state index in [1.807, 2.05) is 23.1 Å². The van der Waals surface area contributed by atoms with E-state index in [0.717, 1.165) is 50.9 Å². The molecule has 4 aromatic carbocycles. The van der Waals surface area contributed by atoms with Gasteiger partial charge in [-0.05, 0) is 121 Å². The summed E-state index contributed by atoms with van der Waals surface area (Å²) in [6, 6.07) is 28.2. The number of hydrogen-bond donors (Lipinski definition) is 0. The molecular formula is C44H44N4OPt. The van der Waals surface area contributed by atoms with Crippen LogP contribution in [0.2, 0.25) is 0 Å². The van der Waals surface area contributed by atoms with Crippen molar-refractivity contribution < 1.29 is 25.8 Å². The summed E-state index contributed by atoms with van der Waals surface area (Å²) in [7, 11) is 0. The second kappa shape index (κ2) is 14.0. The van der Waals surface area contributed by atoms with Crippen LogP contribution in [0.15, 0.2) is 79.3 Å². The zero-order valence-corrected chi connectivity index (χ0v) is 32.7. The molecule has 3 aromatic heterocycles. The second-order valence-corrected chi connectivity index (χ2v) is 14.2. The third-order valence-corrected chi connectivity index (χ3v) is 10.1. The first-order valence-corrected chi connectivity index (χ1v) is 17.3. The summed E-state index contributed by atoms with van der Waals surface area (Å²) in [6.07, 6.45) is 6.98. The minimum atomic E-state index is 0. The van der Waals surface area contributed by atoms with Crippen molar-refractivity contribution in [1.82, 2.24) is 19.3 Å². The largest absolute Gasteiger partial charge is 2.00 e. The summed E-state index contributed by atoms with van der Waals surface area (Å²) in [6.45, 7) is 19.9. The van der Waals surface area contributed by atoms with Gasteiger partial charge in [0.2, 0.25) is 0 Å². The van der Waals surface area contributed by atoms with Crippen LogP contribution < -0.4 is 4.74 Å². The summed E-state index contributed by atoms with van der Waals surface area (Å²) >= 11 is 0. The Kier molecular flexibility index (Phi) is 9.93. The van der Waals surface area contributed by atoms with Gasteiger partial charge in [-0.1, -0.05) is 51.4 Å². The van der Waals surface area contributed by atoms with Gasteiger partial charge in [0, 0.05) is 35.0 Å². The summed E-state index contributed by atoms with van der Waals surface area (Å²) in [5.74, 6) is 2.97. The molecule has 3 heterocycles. The van der Waals surface area contributed by atoms with E-state index in [9.17, 15) is 0 Å². The van der Waals surface area contributed by atoms with E-state index in [0.29, 0.717) is 17.4 Å². The summed E-state index contributed by atoms with van der Waals surface area (Å²) < 4.78 is 10.7. The predicted molar refractivity (Wildman–Crippen MR) is 202 cm³/mol. The Morgan fingerprint density at radius 2 is 1.48 bits per heavy atom. The number of hydrogen-bond acceptors (Lipinski definition) is 3. The number of nitrogens with zero attached hydrogens (tertiary/aromatic N) is 4. The van der Waals surface area contributed by atoms with Crippen LogP contribution in [0, 0.1) is 52.7 Å². The number of aromatic nitrogens is 4. The van der Waals surface area contributed by atoms with Crippen LogP contribution in [-0.4, -0.2) is 19.3 Å². The van der Waals surface area contributed by atoms with Crippen molar-refractivity contribution in [3.63, 3.8) is 0 Å². The Morgan fingerprint density at radius 1 is 0.760 bits per heavy atom. The maximum Gasteiger partial charge on any atom is 2.00 e. The Hall–Kier alpha value is -4.47. The zero-order chi connectivity index (χ0) is 34.6. The van der Waals surface area contributed by atoms with Gasteiger partial charge in [0.15, 0.2) is 0 Å². The van der Waals surface area contributed by atoms with E-state index in [-0.39, 0.29) is 27.0 Å². The second-order valence-electron chi connectivity index (χ2n) is 14.2. The molecule has 0 radical (unpaired) electrons. The van der Waals surface area contributed by atoms with Gasteiger partial charge in [0.1, 0.15) is 5.82 Å². The van der Waals surface area contributed by atoms with Crippen molar-refractivity contribution in [2.45, 2.75) is 74.7 Å². The molecule has 0 saturated carbocycles. The Bertz CT molecular complexity index is 2330. The van der Waals surface area contributed by atoms with E-state index in [4.69, 9.17) is 14.8 Å². The van der Waals surface area contributed by atoms with Gasteiger partial charge in [-0.15, -0.1) is 41.3 Å². The van der Waals surface area contributed by atoms with Gasteiger partial charge in [0.25, 0.3) is 0 Å². The number of para-hydroxylation sites is 1. The number of ether oxygens (including phenoxy) is 1. The van der Waals surface area contributed by atoms with Crippen molar-refractivity contribution in [3.8, 4) is 34.1 Å². The van der Waals surface area contributed by atoms with Crippen LogP contribution >= 0.6 is 0 Å². The fourth-order valence-corrected chi connectivity index (χ4v) is 7.05. The molecule has 0 N–H and O–H groups in total. The van der Waals surface area contributed by atoms with Crippen LogP contribution in [0.1, 0.15) is 72.6 Å². The number of pyridine rings is 1. The molecule has 0 amide bonds. The number of rotatable bonds is 8. The molecule has 0 atom stereocenters. The average Bonchev–Trinajstić information content (AvgIpc) is 3.69. The normalized spacial score (nSPS) is 11.6. The fourth-order valence-electron chi connectivity index (χ4n) is 7.05. The minimum Gasteiger partial charge on any atom is -0.509 e. The number of benzene rings is 4. The number of fused-ring (bicyclic) bond motifs is 3. The fraction of sp³-hybridized carbons (Fsp3) is 0.273. The molecular weight excluding hydrogens is 796 g/mol. The van der Waals surface area contributed by atoms with E-state index in [1.54, 1.807) is 0 Å². The first kappa shape index (κ1) is 35.4. The molecule has 0 fully saturated rings. The van der Waals surface area contributed by atoms with Crippen molar-refractivity contribution in [1.29, 1.82) is 0 Å². The third kappa shape index (κ3) is 6.44. The van der Waals surface area contributed by atoms with Gasteiger partial charge in [-0.3, -0.25) is 4.68 Å². The molecule has 6 heteroatoms. The van der Waals surface area contributed by atoms with E-state index in [2.05, 4.69) is 140 Å². The van der Waals surface area contributed by atoms with Gasteiger partial charge >= 0.3 is 21.1 Å². The molecule has 0 unspecified atom stereocenters. The standard InChI is InChI=1S/C44H44N4O.Pt/c1-26(2)18-33-16-17-45-43(19-33)48-41-13-11-10-12-39(41)40-15-14-37(23-42(40)48)49-38-21-34(27(3)4)20-36(22-38)47-25-35(24-46-47)44-31(8)29(6)28(5)30(7)32(44)9;/h10-17,19-21,24-27H,18H2,1-9H3;/q-2;+2. The molecule has 7 rings (SSSR count). The van der Waals surface area contributed by atoms with Gasteiger partial charge in [0.05, 0.1) is 6.20 Å². The first-order valence-electron chi connectivity index (χ1n) is 17.3. The van der Waals surface area contributed by atoms with Crippen LogP contribution in [-0.2, 0) is 27.5 Å². The summed E-state index contributed by atoms with van der Waals surface area (Å²) in [5.41, 5.74) is 14.3. The first-order chi connectivity index (χ1) is 23.5. The van der Waals surface area contributed by atoms with E-state index >= 15 is 0 Å². The average molecular weight is 840 g/mol. The monoisotopic (exact) mass is 839 g/mol. The molecule has 0 saturated heterocycles. The summed E-state index contributed by atoms with van der Waals surface area (Å²) in [4.78, 5) is 4.81. The van der Waals surface area contributed by atoms with Gasteiger partial charge in [-0.2, -0.15) is 11.2 Å². The third-order valence-electron chi connectivity index (χ3n) is 10.1. The minimum absolute atomic E-state index is 0. The quantitative estimate of drug-likeness (QED) is 0.143. The molecule has 0 aliphatic carbocycles. The SMILES string of the molecule is Cc1c(C)c(C)c(-c2cnn(-c3[c-]c(Oc4[c-]c5c(cc4)c4ccccc4n5-c4cc(CC(C)C)ccn4)cc(C(C)C)c3)c2)c(C)c1C.[Pt+2]. The van der Waals surface area contributed by atoms with Crippen molar-refractivity contribution >= 4 is 21.8 Å². The molecule has 50 heavy (non-hydrogen) atoms. The van der Waals surface area contributed by atoms with Crippen LogP contribution in [0.3, 0.4) is 0 Å². The van der Waals surface area contributed by atoms with Gasteiger partial charge < -0.3 is 9.30 Å². The van der Waals surface area contributed by atoms with Gasteiger partial charge in [-0.25, -0.2) is 4.98 Å². The maximum atomic E-state index is 6.59. The Balaban J connectivity index is 0.00000432. The molecule has 5 nitrogen and oxygen atoms in total. The van der Waals surface area contributed by atoms with Crippen LogP contribution in [0.5, 0.6) is 11.5 Å². The molecule has 0 aliphatic rings. The molecule has 7 aromatic rings.